The molecule has 0 saturated carbocycles. The fourth-order valence-electron chi connectivity index (χ4n) is 2.33. The van der Waals surface area contributed by atoms with E-state index in [1.807, 2.05) is 13.8 Å². The molecule has 2 rings (SSSR count). The summed E-state index contributed by atoms with van der Waals surface area (Å²) in [4.78, 5) is 19.1. The number of aromatic nitrogens is 1. The average Bonchev–Trinajstić information content (AvgIpc) is 2.92. The van der Waals surface area contributed by atoms with Crippen LogP contribution >= 0.6 is 11.3 Å². The third kappa shape index (κ3) is 4.59. The van der Waals surface area contributed by atoms with E-state index in [2.05, 4.69) is 4.98 Å². The van der Waals surface area contributed by atoms with E-state index in [9.17, 15) is 14.3 Å². The van der Waals surface area contributed by atoms with Gasteiger partial charge in [-0.25, -0.2) is 9.37 Å². The molecule has 0 aliphatic heterocycles. The number of hydrogen-bond donors (Lipinski definition) is 1. The first-order valence-electron chi connectivity index (χ1n) is 7.51. The van der Waals surface area contributed by atoms with Gasteiger partial charge in [-0.1, -0.05) is 26.0 Å². The summed E-state index contributed by atoms with van der Waals surface area (Å²) in [6, 6.07) is 5.69. The zero-order valence-electron chi connectivity index (χ0n) is 13.5. The van der Waals surface area contributed by atoms with Gasteiger partial charge in [0, 0.05) is 6.54 Å². The molecule has 1 atom stereocenters. The van der Waals surface area contributed by atoms with Gasteiger partial charge in [0.2, 0.25) is 0 Å². The second-order valence-corrected chi connectivity index (χ2v) is 6.79. The van der Waals surface area contributed by atoms with E-state index in [0.717, 1.165) is 0 Å². The summed E-state index contributed by atoms with van der Waals surface area (Å²) in [5.74, 6) is -0.205. The third-order valence-electron chi connectivity index (χ3n) is 3.46. The molecular formula is C17H21FN2O2S. The van der Waals surface area contributed by atoms with Gasteiger partial charge in [0.15, 0.2) is 0 Å². The van der Waals surface area contributed by atoms with E-state index in [-0.39, 0.29) is 24.2 Å². The highest BCUT2D eigenvalue weighted by molar-refractivity contribution is 7.11. The maximum Gasteiger partial charge on any atom is 0.265 e. The number of rotatable bonds is 6. The Hall–Kier alpha value is -1.79. The van der Waals surface area contributed by atoms with Crippen molar-refractivity contribution in [2.24, 2.45) is 5.92 Å². The Labute approximate surface area is 139 Å². The van der Waals surface area contributed by atoms with Crippen molar-refractivity contribution in [2.45, 2.75) is 26.9 Å². The monoisotopic (exact) mass is 336 g/mol. The second-order valence-electron chi connectivity index (χ2n) is 5.94. The van der Waals surface area contributed by atoms with Crippen LogP contribution in [0.1, 0.15) is 40.9 Å². The number of hydrogen-bond acceptors (Lipinski definition) is 4. The molecule has 23 heavy (non-hydrogen) atoms. The van der Waals surface area contributed by atoms with Crippen molar-refractivity contribution >= 4 is 17.2 Å². The number of aryl methyl sites for hydroxylation is 1. The predicted molar refractivity (Wildman–Crippen MR) is 89.0 cm³/mol. The van der Waals surface area contributed by atoms with Crippen LogP contribution < -0.4 is 0 Å². The van der Waals surface area contributed by atoms with Gasteiger partial charge in [-0.2, -0.15) is 0 Å². The molecule has 0 fully saturated rings. The van der Waals surface area contributed by atoms with Crippen molar-refractivity contribution in [1.29, 1.82) is 0 Å². The van der Waals surface area contributed by atoms with Crippen LogP contribution in [-0.2, 0) is 0 Å². The number of halogens is 1. The summed E-state index contributed by atoms with van der Waals surface area (Å²) in [5, 5.41) is 10.4. The summed E-state index contributed by atoms with van der Waals surface area (Å²) < 4.78 is 13.0. The van der Waals surface area contributed by atoms with Crippen molar-refractivity contribution in [3.63, 3.8) is 0 Å². The Kier molecular flexibility index (Phi) is 5.85. The first kappa shape index (κ1) is 17.6. The van der Waals surface area contributed by atoms with Crippen LogP contribution in [0.15, 0.2) is 29.8 Å². The van der Waals surface area contributed by atoms with E-state index in [0.29, 0.717) is 22.7 Å². The Morgan fingerprint density at radius 2 is 1.96 bits per heavy atom. The summed E-state index contributed by atoms with van der Waals surface area (Å²) >= 11 is 1.30. The Morgan fingerprint density at radius 3 is 2.48 bits per heavy atom. The van der Waals surface area contributed by atoms with Crippen LogP contribution in [0.2, 0.25) is 0 Å². The number of nitrogens with zero attached hydrogens (tertiary/aromatic N) is 2. The molecule has 1 aromatic heterocycles. The van der Waals surface area contributed by atoms with Gasteiger partial charge in [0.1, 0.15) is 10.7 Å². The van der Waals surface area contributed by atoms with Gasteiger partial charge >= 0.3 is 0 Å². The van der Waals surface area contributed by atoms with Crippen LogP contribution in [-0.4, -0.2) is 34.0 Å². The van der Waals surface area contributed by atoms with Crippen LogP contribution in [0.3, 0.4) is 0 Å². The molecule has 124 valence electrons. The number of carbonyl (C=O) groups excluding carboxylic acids is 1. The Morgan fingerprint density at radius 1 is 1.30 bits per heavy atom. The molecule has 0 spiro atoms. The minimum absolute atomic E-state index is 0.125. The SMILES string of the molecule is Cc1ncsc1C(=O)N(CC(C)C)CC(O)c1ccc(F)cc1. The lowest BCUT2D eigenvalue weighted by Crippen LogP contribution is -2.37. The smallest absolute Gasteiger partial charge is 0.265 e. The maximum absolute atomic E-state index is 13.0. The van der Waals surface area contributed by atoms with Gasteiger partial charge in [0.25, 0.3) is 5.91 Å². The van der Waals surface area contributed by atoms with Crippen LogP contribution in [0.5, 0.6) is 0 Å². The van der Waals surface area contributed by atoms with Crippen molar-refractivity contribution in [2.75, 3.05) is 13.1 Å². The minimum atomic E-state index is -0.855. The minimum Gasteiger partial charge on any atom is -0.387 e. The van der Waals surface area contributed by atoms with E-state index in [4.69, 9.17) is 0 Å². The van der Waals surface area contributed by atoms with Gasteiger partial charge in [-0.3, -0.25) is 4.79 Å². The first-order chi connectivity index (χ1) is 10.9. The van der Waals surface area contributed by atoms with Crippen molar-refractivity contribution in [1.82, 2.24) is 9.88 Å². The standard InChI is InChI=1S/C17H21FN2O2S/c1-11(2)8-20(17(22)16-12(3)19-10-23-16)9-15(21)13-4-6-14(18)7-5-13/h4-7,10-11,15,21H,8-9H2,1-3H3. The van der Waals surface area contributed by atoms with E-state index < -0.39 is 6.10 Å². The largest absolute Gasteiger partial charge is 0.387 e. The van der Waals surface area contributed by atoms with Gasteiger partial charge < -0.3 is 10.0 Å². The lowest BCUT2D eigenvalue weighted by molar-refractivity contribution is 0.0598. The molecule has 0 radical (unpaired) electrons. The number of aliphatic hydroxyl groups is 1. The number of aliphatic hydroxyl groups excluding tert-OH is 1. The molecule has 0 aliphatic rings. The van der Waals surface area contributed by atoms with Gasteiger partial charge in [-0.15, -0.1) is 11.3 Å². The molecule has 1 aromatic carbocycles. The summed E-state index contributed by atoms with van der Waals surface area (Å²) in [7, 11) is 0. The molecule has 0 aliphatic carbocycles. The van der Waals surface area contributed by atoms with Crippen LogP contribution in [0, 0.1) is 18.7 Å². The molecule has 4 nitrogen and oxygen atoms in total. The summed E-state index contributed by atoms with van der Waals surface area (Å²) in [6.07, 6.45) is -0.855. The lowest BCUT2D eigenvalue weighted by Gasteiger charge is -2.27. The topological polar surface area (TPSA) is 53.4 Å². The number of thiazole rings is 1. The molecule has 1 heterocycles. The number of carbonyl (C=O) groups is 1. The van der Waals surface area contributed by atoms with Gasteiger partial charge in [0.05, 0.1) is 23.9 Å². The molecule has 6 heteroatoms. The van der Waals surface area contributed by atoms with Gasteiger partial charge in [-0.05, 0) is 30.5 Å². The quantitative estimate of drug-likeness (QED) is 0.879. The van der Waals surface area contributed by atoms with E-state index in [1.54, 1.807) is 17.3 Å². The molecule has 1 amide bonds. The highest BCUT2D eigenvalue weighted by Gasteiger charge is 2.23. The molecule has 1 N–H and O–H groups in total. The Bertz CT molecular complexity index is 655. The third-order valence-corrected chi connectivity index (χ3v) is 4.38. The van der Waals surface area contributed by atoms with Crippen molar-refractivity contribution in [3.8, 4) is 0 Å². The van der Waals surface area contributed by atoms with Crippen molar-refractivity contribution in [3.05, 3.63) is 51.7 Å². The predicted octanol–water partition coefficient (Wildman–Crippen LogP) is 3.42. The maximum atomic E-state index is 13.0. The molecular weight excluding hydrogens is 315 g/mol. The molecule has 0 saturated heterocycles. The van der Waals surface area contributed by atoms with Crippen LogP contribution in [0.25, 0.3) is 0 Å². The average molecular weight is 336 g/mol. The summed E-state index contributed by atoms with van der Waals surface area (Å²) in [5.41, 5.74) is 2.94. The fraction of sp³-hybridized carbons (Fsp3) is 0.412. The molecule has 0 bridgehead atoms. The zero-order chi connectivity index (χ0) is 17.0. The zero-order valence-corrected chi connectivity index (χ0v) is 14.3. The number of benzene rings is 1. The van der Waals surface area contributed by atoms with E-state index in [1.165, 1.54) is 35.6 Å². The second kappa shape index (κ2) is 7.66. The first-order valence-corrected chi connectivity index (χ1v) is 8.39. The highest BCUT2D eigenvalue weighted by atomic mass is 32.1. The fourth-order valence-corrected chi connectivity index (χ4v) is 3.10. The van der Waals surface area contributed by atoms with E-state index >= 15 is 0 Å². The highest BCUT2D eigenvalue weighted by Crippen LogP contribution is 2.20. The van der Waals surface area contributed by atoms with Crippen LogP contribution in [0.4, 0.5) is 4.39 Å². The lowest BCUT2D eigenvalue weighted by atomic mass is 10.1. The van der Waals surface area contributed by atoms with Crippen molar-refractivity contribution < 1.29 is 14.3 Å². The molecule has 2 aromatic rings. The summed E-state index contributed by atoms with van der Waals surface area (Å²) in [6.45, 7) is 6.54. The molecule has 1 unspecified atom stereocenters. The normalized spacial score (nSPS) is 12.4. The number of amides is 1. The Balaban J connectivity index is 2.16.